The first-order valence-corrected chi connectivity index (χ1v) is 10.6. The molecule has 3 nitrogen and oxygen atoms in total. The van der Waals surface area contributed by atoms with E-state index in [-0.39, 0.29) is 11.4 Å². The van der Waals surface area contributed by atoms with Gasteiger partial charge in [-0.1, -0.05) is 6.42 Å². The predicted octanol–water partition coefficient (Wildman–Crippen LogP) is 4.01. The lowest BCUT2D eigenvalue weighted by molar-refractivity contribution is -0.174. The van der Waals surface area contributed by atoms with Crippen molar-refractivity contribution >= 4 is 5.97 Å². The molecule has 2 aliphatic heterocycles. The Balaban J connectivity index is 1.23. The predicted molar refractivity (Wildman–Crippen MR) is 93.5 cm³/mol. The van der Waals surface area contributed by atoms with Crippen molar-refractivity contribution < 1.29 is 9.53 Å². The van der Waals surface area contributed by atoms with Crippen LogP contribution in [-0.2, 0) is 9.53 Å². The second-order valence-corrected chi connectivity index (χ2v) is 9.80. The van der Waals surface area contributed by atoms with Gasteiger partial charge in [0, 0.05) is 12.0 Å². The van der Waals surface area contributed by atoms with Crippen molar-refractivity contribution in [1.82, 2.24) is 4.90 Å². The van der Waals surface area contributed by atoms with Crippen LogP contribution in [0.2, 0.25) is 0 Å². The third kappa shape index (κ3) is 2.62. The van der Waals surface area contributed by atoms with E-state index in [0.717, 1.165) is 37.0 Å². The van der Waals surface area contributed by atoms with Gasteiger partial charge in [-0.15, -0.1) is 0 Å². The molecule has 6 rings (SSSR count). The number of hydrogen-bond donors (Lipinski definition) is 0. The zero-order valence-electron chi connectivity index (χ0n) is 15.0. The molecule has 0 radical (unpaired) electrons. The first kappa shape index (κ1) is 15.7. The van der Waals surface area contributed by atoms with Gasteiger partial charge in [0.2, 0.25) is 0 Å². The normalized spacial score (nSPS) is 47.4. The first-order chi connectivity index (χ1) is 11.7. The molecule has 0 aromatic carbocycles. The summed E-state index contributed by atoms with van der Waals surface area (Å²) in [4.78, 5) is 15.7. The van der Waals surface area contributed by atoms with Crippen molar-refractivity contribution in [1.29, 1.82) is 0 Å². The summed E-state index contributed by atoms with van der Waals surface area (Å²) in [7, 11) is 0. The maximum Gasteiger partial charge on any atom is 0.312 e. The maximum atomic E-state index is 13.1. The van der Waals surface area contributed by atoms with Crippen LogP contribution in [0.15, 0.2) is 0 Å². The molecule has 0 spiro atoms. The number of esters is 1. The van der Waals surface area contributed by atoms with Crippen LogP contribution >= 0.6 is 0 Å². The van der Waals surface area contributed by atoms with Crippen molar-refractivity contribution in [3.63, 3.8) is 0 Å². The van der Waals surface area contributed by atoms with Crippen molar-refractivity contribution in [2.45, 2.75) is 76.7 Å². The number of carbonyl (C=O) groups excluding carboxylic acids is 1. The van der Waals surface area contributed by atoms with Crippen LogP contribution in [0.5, 0.6) is 0 Å². The average Bonchev–Trinajstić information content (AvgIpc) is 2.58. The number of carbonyl (C=O) groups is 1. The Morgan fingerprint density at radius 3 is 2.29 bits per heavy atom. The van der Waals surface area contributed by atoms with Crippen LogP contribution in [0.3, 0.4) is 0 Å². The van der Waals surface area contributed by atoms with Gasteiger partial charge in [-0.05, 0) is 95.1 Å². The summed E-state index contributed by atoms with van der Waals surface area (Å²) in [6.45, 7) is 3.23. The maximum absolute atomic E-state index is 13.1. The highest BCUT2D eigenvalue weighted by Gasteiger charge is 2.55. The molecule has 2 saturated heterocycles. The molecule has 2 atom stereocenters. The molecule has 0 amide bonds. The van der Waals surface area contributed by atoms with Crippen LogP contribution in [-0.4, -0.2) is 36.6 Å². The van der Waals surface area contributed by atoms with E-state index < -0.39 is 0 Å². The Labute approximate surface area is 146 Å². The zero-order valence-corrected chi connectivity index (χ0v) is 15.0. The molecule has 4 aliphatic carbocycles. The second-order valence-electron chi connectivity index (χ2n) is 9.80. The molecule has 4 saturated carbocycles. The second kappa shape index (κ2) is 6.00. The monoisotopic (exact) mass is 331 g/mol. The fourth-order valence-corrected chi connectivity index (χ4v) is 7.47. The molecule has 3 heteroatoms. The minimum atomic E-state index is -0.0737. The largest absolute Gasteiger partial charge is 0.465 e. The van der Waals surface area contributed by atoms with E-state index in [2.05, 4.69) is 4.90 Å². The smallest absolute Gasteiger partial charge is 0.312 e. The van der Waals surface area contributed by atoms with Gasteiger partial charge in [0.05, 0.1) is 12.0 Å². The molecular formula is C21H33NO2. The molecule has 0 N–H and O–H groups in total. The summed E-state index contributed by atoms with van der Waals surface area (Å²) in [6, 6.07) is 0.691. The van der Waals surface area contributed by atoms with Gasteiger partial charge in [-0.25, -0.2) is 0 Å². The number of piperidine rings is 2. The lowest BCUT2D eigenvalue weighted by atomic mass is 9.49. The molecule has 0 aromatic heterocycles. The Hall–Kier alpha value is -0.570. The van der Waals surface area contributed by atoms with E-state index in [0.29, 0.717) is 18.6 Å². The Morgan fingerprint density at radius 1 is 0.917 bits per heavy atom. The van der Waals surface area contributed by atoms with Crippen molar-refractivity contribution in [3.8, 4) is 0 Å². The van der Waals surface area contributed by atoms with Gasteiger partial charge in [-0.3, -0.25) is 9.69 Å². The highest BCUT2D eigenvalue weighted by Crippen LogP contribution is 2.60. The topological polar surface area (TPSA) is 29.5 Å². The summed E-state index contributed by atoms with van der Waals surface area (Å²) in [5, 5.41) is 0. The van der Waals surface area contributed by atoms with Crippen LogP contribution in [0.25, 0.3) is 0 Å². The van der Waals surface area contributed by atoms with E-state index >= 15 is 0 Å². The highest BCUT2D eigenvalue weighted by molar-refractivity contribution is 5.77. The van der Waals surface area contributed by atoms with E-state index in [1.165, 1.54) is 64.5 Å². The molecule has 4 bridgehead atoms. The number of ether oxygens (including phenoxy) is 1. The van der Waals surface area contributed by atoms with E-state index in [4.69, 9.17) is 4.74 Å². The van der Waals surface area contributed by atoms with Gasteiger partial charge in [0.25, 0.3) is 0 Å². The molecule has 134 valence electrons. The van der Waals surface area contributed by atoms with Gasteiger partial charge >= 0.3 is 5.97 Å². The van der Waals surface area contributed by atoms with Crippen molar-refractivity contribution in [3.05, 3.63) is 0 Å². The summed E-state index contributed by atoms with van der Waals surface area (Å²) >= 11 is 0. The summed E-state index contributed by atoms with van der Waals surface area (Å²) in [6.07, 6.45) is 14.2. The van der Waals surface area contributed by atoms with E-state index in [1.54, 1.807) is 0 Å². The Morgan fingerprint density at radius 2 is 1.58 bits per heavy atom. The average molecular weight is 332 g/mol. The standard InChI is InChI=1S/C21H33NO2/c23-20(21-11-15-8-16(12-21)10-17(9-15)13-21)24-14-18-4-3-7-22-6-2-1-5-19(18)22/h15-19H,1-14H2/t15?,16?,17?,18-,19+,21?/m0/s1. The minimum absolute atomic E-state index is 0.0737. The quantitative estimate of drug-likeness (QED) is 0.732. The van der Waals surface area contributed by atoms with Crippen LogP contribution < -0.4 is 0 Å². The first-order valence-electron chi connectivity index (χ1n) is 10.6. The van der Waals surface area contributed by atoms with Gasteiger partial charge < -0.3 is 4.74 Å². The van der Waals surface area contributed by atoms with Crippen LogP contribution in [0.1, 0.15) is 70.6 Å². The van der Waals surface area contributed by atoms with Crippen LogP contribution in [0.4, 0.5) is 0 Å². The molecule has 6 aliphatic rings. The number of nitrogens with zero attached hydrogens (tertiary/aromatic N) is 1. The molecular weight excluding hydrogens is 298 g/mol. The summed E-state index contributed by atoms with van der Waals surface area (Å²) in [5.74, 6) is 3.26. The van der Waals surface area contributed by atoms with Gasteiger partial charge in [0.1, 0.15) is 0 Å². The molecule has 0 aromatic rings. The van der Waals surface area contributed by atoms with Crippen LogP contribution in [0, 0.1) is 29.1 Å². The summed E-state index contributed by atoms with van der Waals surface area (Å²) in [5.41, 5.74) is -0.0737. The van der Waals surface area contributed by atoms with Gasteiger partial charge in [0.15, 0.2) is 0 Å². The van der Waals surface area contributed by atoms with Gasteiger partial charge in [-0.2, -0.15) is 0 Å². The molecule has 2 heterocycles. The van der Waals surface area contributed by atoms with E-state index in [1.807, 2.05) is 0 Å². The lowest BCUT2D eigenvalue weighted by Gasteiger charge is -2.55. The molecule has 6 fully saturated rings. The minimum Gasteiger partial charge on any atom is -0.465 e. The zero-order chi connectivity index (χ0) is 16.1. The number of fused-ring (bicyclic) bond motifs is 1. The number of rotatable bonds is 3. The third-order valence-electron chi connectivity index (χ3n) is 8.13. The molecule has 0 unspecified atom stereocenters. The van der Waals surface area contributed by atoms with Crippen molar-refractivity contribution in [2.75, 3.05) is 19.7 Å². The lowest BCUT2D eigenvalue weighted by Crippen LogP contribution is -2.52. The fourth-order valence-electron chi connectivity index (χ4n) is 7.47. The summed E-state index contributed by atoms with van der Waals surface area (Å²) < 4.78 is 6.05. The highest BCUT2D eigenvalue weighted by atomic mass is 16.5. The Kier molecular flexibility index (Phi) is 3.92. The molecule has 24 heavy (non-hydrogen) atoms. The Bertz CT molecular complexity index is 465. The SMILES string of the molecule is O=C(OC[C@@H]1CCCN2CCCC[C@H]12)C12CC3CC(CC(C3)C1)C2. The number of hydrogen-bond acceptors (Lipinski definition) is 3. The third-order valence-corrected chi connectivity index (χ3v) is 8.13. The van der Waals surface area contributed by atoms with E-state index in [9.17, 15) is 4.79 Å². The van der Waals surface area contributed by atoms with Crippen molar-refractivity contribution in [2.24, 2.45) is 29.1 Å². The fraction of sp³-hybridized carbons (Fsp3) is 0.952.